The van der Waals surface area contributed by atoms with Gasteiger partial charge in [0.25, 0.3) is 0 Å². The van der Waals surface area contributed by atoms with E-state index in [1.165, 1.54) is 11.0 Å². The van der Waals surface area contributed by atoms with Crippen LogP contribution in [0.3, 0.4) is 0 Å². The van der Waals surface area contributed by atoms with Gasteiger partial charge in [-0.1, -0.05) is 81.4 Å². The molecule has 0 bridgehead atoms. The summed E-state index contributed by atoms with van der Waals surface area (Å²) in [6, 6.07) is 19.5. The van der Waals surface area contributed by atoms with E-state index in [0.29, 0.717) is 19.4 Å². The molecule has 172 valence electrons. The lowest BCUT2D eigenvalue weighted by Crippen LogP contribution is -2.74. The molecule has 2 N–H and O–H groups in total. The minimum Gasteiger partial charge on any atom is -0.465 e. The molecule has 1 unspecified atom stereocenters. The summed E-state index contributed by atoms with van der Waals surface area (Å²) in [6.07, 6.45) is 1.78. The summed E-state index contributed by atoms with van der Waals surface area (Å²) in [5.41, 5.74) is -0.841. The van der Waals surface area contributed by atoms with Gasteiger partial charge in [0.15, 0.2) is 0 Å². The number of hydrogen-bond donors (Lipinski definition) is 2. The number of likely N-dealkylation sites (tertiary alicyclic amines) is 1. The van der Waals surface area contributed by atoms with Crippen molar-refractivity contribution in [1.82, 2.24) is 9.29 Å². The van der Waals surface area contributed by atoms with Gasteiger partial charge in [-0.2, -0.15) is 0 Å². The Labute approximate surface area is 192 Å². The zero-order valence-corrected chi connectivity index (χ0v) is 20.9. The Balaban J connectivity index is 2.10. The quantitative estimate of drug-likeness (QED) is 0.630. The SMILES string of the molecule is CC1(C=CS(=O)(=O)N[Si](c2ccccc2)(c2ccccc2)C(C)(C)C)CCCN1C(=O)O. The molecule has 1 saturated heterocycles. The van der Waals surface area contributed by atoms with Crippen LogP contribution in [0.5, 0.6) is 0 Å². The van der Waals surface area contributed by atoms with Crippen molar-refractivity contribution in [2.24, 2.45) is 0 Å². The van der Waals surface area contributed by atoms with Crippen LogP contribution in [0.4, 0.5) is 4.79 Å². The van der Waals surface area contributed by atoms with Crippen LogP contribution in [0.2, 0.25) is 5.04 Å². The minimum atomic E-state index is -3.88. The molecule has 1 atom stereocenters. The first-order chi connectivity index (χ1) is 14.9. The number of amides is 1. The van der Waals surface area contributed by atoms with Crippen LogP contribution in [-0.4, -0.2) is 44.8 Å². The summed E-state index contributed by atoms with van der Waals surface area (Å²) in [5, 5.41) is 12.2. The van der Waals surface area contributed by atoms with Gasteiger partial charge in [0.05, 0.1) is 5.54 Å². The maximum atomic E-state index is 13.5. The maximum absolute atomic E-state index is 13.5. The van der Waals surface area contributed by atoms with Crippen molar-refractivity contribution < 1.29 is 18.3 Å². The van der Waals surface area contributed by atoms with Crippen molar-refractivity contribution in [1.29, 1.82) is 0 Å². The fraction of sp³-hybridized carbons (Fsp3) is 0.375. The summed E-state index contributed by atoms with van der Waals surface area (Å²) < 4.78 is 30.1. The number of benzene rings is 2. The molecular weight excluding hydrogens is 440 g/mol. The third-order valence-corrected chi connectivity index (χ3v) is 13.9. The second-order valence-electron chi connectivity index (χ2n) is 9.58. The fourth-order valence-electron chi connectivity index (χ4n) is 4.64. The highest BCUT2D eigenvalue weighted by Crippen LogP contribution is 2.35. The number of hydrogen-bond acceptors (Lipinski definition) is 3. The first-order valence-electron chi connectivity index (χ1n) is 10.8. The van der Waals surface area contributed by atoms with Gasteiger partial charge < -0.3 is 5.11 Å². The number of sulfonamides is 1. The molecule has 3 rings (SSSR count). The molecule has 1 fully saturated rings. The van der Waals surface area contributed by atoms with E-state index in [4.69, 9.17) is 0 Å². The van der Waals surface area contributed by atoms with Crippen LogP contribution in [0, 0.1) is 0 Å². The molecule has 0 spiro atoms. The van der Waals surface area contributed by atoms with Gasteiger partial charge in [0.2, 0.25) is 18.3 Å². The zero-order chi connectivity index (χ0) is 23.6. The number of rotatable bonds is 6. The highest BCUT2D eigenvalue weighted by molar-refractivity contribution is 7.94. The molecule has 0 aliphatic carbocycles. The van der Waals surface area contributed by atoms with Crippen molar-refractivity contribution in [3.05, 3.63) is 72.1 Å². The van der Waals surface area contributed by atoms with Crippen LogP contribution in [-0.2, 0) is 10.0 Å². The Morgan fingerprint density at radius 1 is 1.06 bits per heavy atom. The lowest BCUT2D eigenvalue weighted by atomic mass is 10.00. The molecule has 2 aromatic carbocycles. The summed E-state index contributed by atoms with van der Waals surface area (Å²) in [5.74, 6) is 0. The van der Waals surface area contributed by atoms with Crippen LogP contribution >= 0.6 is 0 Å². The van der Waals surface area contributed by atoms with E-state index in [1.807, 2.05) is 60.7 Å². The van der Waals surface area contributed by atoms with Crippen LogP contribution < -0.4 is 14.8 Å². The summed E-state index contributed by atoms with van der Waals surface area (Å²) in [7, 11) is -6.93. The Bertz CT molecular complexity index is 1040. The van der Waals surface area contributed by atoms with Gasteiger partial charge >= 0.3 is 6.09 Å². The number of nitrogens with zero attached hydrogens (tertiary/aromatic N) is 1. The van der Waals surface area contributed by atoms with Gasteiger partial charge in [0.1, 0.15) is 0 Å². The van der Waals surface area contributed by atoms with Gasteiger partial charge in [-0.3, -0.25) is 4.90 Å². The van der Waals surface area contributed by atoms with Crippen LogP contribution in [0.15, 0.2) is 72.1 Å². The molecule has 0 aromatic heterocycles. The number of carboxylic acid groups (broad SMARTS) is 1. The van der Waals surface area contributed by atoms with Crippen LogP contribution in [0.25, 0.3) is 0 Å². The van der Waals surface area contributed by atoms with Gasteiger partial charge in [-0.05, 0) is 41.3 Å². The standard InChI is InChI=1S/C24H32N2O4SSi/c1-23(2,3)32(20-12-7-5-8-13-20,21-14-9-6-10-15-21)25-31(29,30)19-17-24(4)16-11-18-26(24)22(27)28/h5-10,12-15,17,19,25H,11,16,18H2,1-4H3,(H,27,28). The Kier molecular flexibility index (Phi) is 6.69. The predicted octanol–water partition coefficient (Wildman–Crippen LogP) is 3.51. The Morgan fingerprint density at radius 3 is 2.00 bits per heavy atom. The molecule has 6 nitrogen and oxygen atoms in total. The van der Waals surface area contributed by atoms with E-state index < -0.39 is 29.9 Å². The summed E-state index contributed by atoms with van der Waals surface area (Å²) >= 11 is 0. The molecule has 1 aliphatic heterocycles. The average molecular weight is 473 g/mol. The van der Waals surface area contributed by atoms with E-state index in [2.05, 4.69) is 25.2 Å². The van der Waals surface area contributed by atoms with Gasteiger partial charge in [-0.15, -0.1) is 0 Å². The monoisotopic (exact) mass is 472 g/mol. The second-order valence-corrected chi connectivity index (χ2v) is 15.9. The van der Waals surface area contributed by atoms with Crippen LogP contribution in [0.1, 0.15) is 40.5 Å². The third kappa shape index (κ3) is 4.67. The van der Waals surface area contributed by atoms with Crippen molar-refractivity contribution >= 4 is 34.7 Å². The zero-order valence-electron chi connectivity index (χ0n) is 19.1. The molecule has 32 heavy (non-hydrogen) atoms. The lowest BCUT2D eigenvalue weighted by Gasteiger charge is -2.43. The van der Waals surface area contributed by atoms with E-state index in [1.54, 1.807) is 6.92 Å². The third-order valence-electron chi connectivity index (χ3n) is 6.35. The van der Waals surface area contributed by atoms with Crippen molar-refractivity contribution in [3.63, 3.8) is 0 Å². The molecule has 0 radical (unpaired) electrons. The van der Waals surface area contributed by atoms with E-state index in [9.17, 15) is 18.3 Å². The molecule has 8 heteroatoms. The normalized spacial score (nSPS) is 20.1. The maximum Gasteiger partial charge on any atom is 0.407 e. The molecule has 2 aromatic rings. The van der Waals surface area contributed by atoms with E-state index in [-0.39, 0.29) is 5.04 Å². The van der Waals surface area contributed by atoms with Crippen molar-refractivity contribution in [2.45, 2.75) is 51.1 Å². The first kappa shape index (κ1) is 24.2. The summed E-state index contributed by atoms with van der Waals surface area (Å²) in [4.78, 5) is 12.9. The highest BCUT2D eigenvalue weighted by Gasteiger charge is 2.50. The topological polar surface area (TPSA) is 86.7 Å². The average Bonchev–Trinajstić information content (AvgIpc) is 3.13. The fourth-order valence-corrected chi connectivity index (χ4v) is 12.7. The molecular formula is C24H32N2O4SSi. The number of nitrogens with one attached hydrogen (secondary N) is 1. The first-order valence-corrected chi connectivity index (χ1v) is 14.3. The van der Waals surface area contributed by atoms with Gasteiger partial charge in [-0.25, -0.2) is 17.6 Å². The van der Waals surface area contributed by atoms with E-state index in [0.717, 1.165) is 15.8 Å². The second kappa shape index (κ2) is 8.84. The smallest absolute Gasteiger partial charge is 0.407 e. The molecule has 1 amide bonds. The largest absolute Gasteiger partial charge is 0.465 e. The molecule has 1 aliphatic rings. The lowest BCUT2D eigenvalue weighted by molar-refractivity contribution is 0.126. The Morgan fingerprint density at radius 2 is 1.56 bits per heavy atom. The van der Waals surface area contributed by atoms with Crippen molar-refractivity contribution in [3.8, 4) is 0 Å². The molecule has 0 saturated carbocycles. The number of carbonyl (C=O) groups is 1. The Hall–Kier alpha value is -2.42. The van der Waals surface area contributed by atoms with Crippen molar-refractivity contribution in [2.75, 3.05) is 6.54 Å². The highest BCUT2D eigenvalue weighted by atomic mass is 32.2. The minimum absolute atomic E-state index is 0.388. The molecule has 1 heterocycles. The summed E-state index contributed by atoms with van der Waals surface area (Å²) in [6.45, 7) is 8.36. The predicted molar refractivity (Wildman–Crippen MR) is 131 cm³/mol. The van der Waals surface area contributed by atoms with E-state index >= 15 is 0 Å². The van der Waals surface area contributed by atoms with Gasteiger partial charge in [0, 0.05) is 12.0 Å².